The van der Waals surface area contributed by atoms with E-state index in [9.17, 15) is 4.79 Å². The lowest BCUT2D eigenvalue weighted by Gasteiger charge is -2.44. The Labute approximate surface area is 111 Å². The Morgan fingerprint density at radius 3 is 2.56 bits per heavy atom. The summed E-state index contributed by atoms with van der Waals surface area (Å²) in [5.41, 5.74) is 5.69. The van der Waals surface area contributed by atoms with Crippen molar-refractivity contribution < 1.29 is 4.79 Å². The van der Waals surface area contributed by atoms with Crippen molar-refractivity contribution in [1.82, 2.24) is 4.90 Å². The standard InChI is InChI=1S/C15H28N2O/c1-12-6-7-13(10-16)11-17(12)14(18)15(2)8-4-3-5-9-15/h12-13H,3-11,16H2,1-2H3. The quantitative estimate of drug-likeness (QED) is 0.821. The largest absolute Gasteiger partial charge is 0.339 e. The molecule has 1 saturated carbocycles. The third-order valence-corrected chi connectivity index (χ3v) is 5.05. The molecule has 0 aromatic heterocycles. The van der Waals surface area contributed by atoms with Crippen LogP contribution in [0.5, 0.6) is 0 Å². The SMILES string of the molecule is CC1CCC(CN)CN1C(=O)C1(C)CCCCC1. The Hall–Kier alpha value is -0.570. The average Bonchev–Trinajstić information content (AvgIpc) is 2.39. The fourth-order valence-corrected chi connectivity index (χ4v) is 3.55. The number of carbonyl (C=O) groups is 1. The summed E-state index contributed by atoms with van der Waals surface area (Å²) in [5, 5.41) is 0. The highest BCUT2D eigenvalue weighted by molar-refractivity contribution is 5.82. The van der Waals surface area contributed by atoms with E-state index >= 15 is 0 Å². The molecule has 1 aliphatic heterocycles. The van der Waals surface area contributed by atoms with Crippen LogP contribution < -0.4 is 5.73 Å². The molecule has 2 aliphatic rings. The molecule has 0 aromatic carbocycles. The molecular weight excluding hydrogens is 224 g/mol. The van der Waals surface area contributed by atoms with Crippen LogP contribution in [0.1, 0.15) is 58.8 Å². The number of nitrogens with two attached hydrogens (primary N) is 1. The Kier molecular flexibility index (Phi) is 4.31. The zero-order valence-corrected chi connectivity index (χ0v) is 12.0. The fraction of sp³-hybridized carbons (Fsp3) is 0.933. The number of likely N-dealkylation sites (tertiary alicyclic amines) is 1. The van der Waals surface area contributed by atoms with Gasteiger partial charge in [0.05, 0.1) is 0 Å². The smallest absolute Gasteiger partial charge is 0.228 e. The van der Waals surface area contributed by atoms with E-state index in [4.69, 9.17) is 5.73 Å². The van der Waals surface area contributed by atoms with E-state index in [-0.39, 0.29) is 5.41 Å². The van der Waals surface area contributed by atoms with Crippen LogP contribution in [-0.2, 0) is 4.79 Å². The second-order valence-corrected chi connectivity index (χ2v) is 6.61. The van der Waals surface area contributed by atoms with Crippen LogP contribution in [0, 0.1) is 11.3 Å². The maximum atomic E-state index is 12.8. The minimum absolute atomic E-state index is 0.0942. The van der Waals surface area contributed by atoms with Crippen molar-refractivity contribution in [3.63, 3.8) is 0 Å². The monoisotopic (exact) mass is 252 g/mol. The van der Waals surface area contributed by atoms with Crippen LogP contribution in [0.25, 0.3) is 0 Å². The molecule has 1 aliphatic carbocycles. The first-order valence-electron chi connectivity index (χ1n) is 7.58. The molecule has 0 spiro atoms. The molecule has 0 aromatic rings. The number of hydrogen-bond donors (Lipinski definition) is 1. The number of hydrogen-bond acceptors (Lipinski definition) is 2. The predicted octanol–water partition coefficient (Wildman–Crippen LogP) is 2.54. The molecule has 1 amide bonds. The number of rotatable bonds is 2. The Balaban J connectivity index is 2.06. The van der Waals surface area contributed by atoms with Gasteiger partial charge in [-0.3, -0.25) is 4.79 Å². The summed E-state index contributed by atoms with van der Waals surface area (Å²) < 4.78 is 0. The van der Waals surface area contributed by atoms with E-state index in [1.54, 1.807) is 0 Å². The number of carbonyl (C=O) groups excluding carboxylic acids is 1. The minimum Gasteiger partial charge on any atom is -0.339 e. The Bertz CT molecular complexity index is 297. The topological polar surface area (TPSA) is 46.3 Å². The van der Waals surface area contributed by atoms with Gasteiger partial charge >= 0.3 is 0 Å². The molecule has 2 atom stereocenters. The summed E-state index contributed by atoms with van der Waals surface area (Å²) in [5.74, 6) is 0.908. The van der Waals surface area contributed by atoms with E-state index in [0.29, 0.717) is 24.4 Å². The van der Waals surface area contributed by atoms with E-state index in [2.05, 4.69) is 18.7 Å². The molecule has 1 saturated heterocycles. The lowest BCUT2D eigenvalue weighted by molar-refractivity contribution is -0.147. The van der Waals surface area contributed by atoms with Crippen molar-refractivity contribution in [3.05, 3.63) is 0 Å². The van der Waals surface area contributed by atoms with Crippen molar-refractivity contribution in [3.8, 4) is 0 Å². The van der Waals surface area contributed by atoms with Gasteiger partial charge in [0.1, 0.15) is 0 Å². The van der Waals surface area contributed by atoms with Gasteiger partial charge in [0.15, 0.2) is 0 Å². The maximum Gasteiger partial charge on any atom is 0.228 e. The van der Waals surface area contributed by atoms with Crippen molar-refractivity contribution in [2.75, 3.05) is 13.1 Å². The van der Waals surface area contributed by atoms with E-state index < -0.39 is 0 Å². The second-order valence-electron chi connectivity index (χ2n) is 6.61. The second kappa shape index (κ2) is 5.60. The highest BCUT2D eigenvalue weighted by atomic mass is 16.2. The van der Waals surface area contributed by atoms with Gasteiger partial charge in [0, 0.05) is 18.0 Å². The van der Waals surface area contributed by atoms with Crippen molar-refractivity contribution in [2.45, 2.75) is 64.8 Å². The summed E-state index contributed by atoms with van der Waals surface area (Å²) >= 11 is 0. The molecule has 3 heteroatoms. The summed E-state index contributed by atoms with van der Waals surface area (Å²) in [7, 11) is 0. The summed E-state index contributed by atoms with van der Waals surface area (Å²) in [6, 6.07) is 0.402. The minimum atomic E-state index is -0.0942. The van der Waals surface area contributed by atoms with E-state index in [1.807, 2.05) is 0 Å². The maximum absolute atomic E-state index is 12.8. The highest BCUT2D eigenvalue weighted by Gasteiger charge is 2.40. The predicted molar refractivity (Wildman–Crippen MR) is 74.1 cm³/mol. The summed E-state index contributed by atoms with van der Waals surface area (Å²) in [6.07, 6.45) is 8.16. The van der Waals surface area contributed by atoms with Crippen LogP contribution >= 0.6 is 0 Å². The lowest BCUT2D eigenvalue weighted by atomic mass is 9.74. The van der Waals surface area contributed by atoms with Crippen LogP contribution in [0.4, 0.5) is 0 Å². The van der Waals surface area contributed by atoms with Crippen LogP contribution in [0.15, 0.2) is 0 Å². The van der Waals surface area contributed by atoms with E-state index in [0.717, 1.165) is 25.8 Å². The molecule has 2 N–H and O–H groups in total. The van der Waals surface area contributed by atoms with Gasteiger partial charge in [-0.15, -0.1) is 0 Å². The van der Waals surface area contributed by atoms with Gasteiger partial charge in [-0.1, -0.05) is 26.2 Å². The lowest BCUT2D eigenvalue weighted by Crippen LogP contribution is -2.52. The van der Waals surface area contributed by atoms with Gasteiger partial charge < -0.3 is 10.6 Å². The Morgan fingerprint density at radius 1 is 1.28 bits per heavy atom. The fourth-order valence-electron chi connectivity index (χ4n) is 3.55. The van der Waals surface area contributed by atoms with Crippen LogP contribution in [-0.4, -0.2) is 29.9 Å². The molecule has 2 fully saturated rings. The molecule has 0 radical (unpaired) electrons. The summed E-state index contributed by atoms with van der Waals surface area (Å²) in [4.78, 5) is 15.0. The molecule has 3 nitrogen and oxygen atoms in total. The molecule has 2 rings (SSSR count). The summed E-state index contributed by atoms with van der Waals surface area (Å²) in [6.45, 7) is 5.96. The van der Waals surface area contributed by atoms with Gasteiger partial charge in [-0.05, 0) is 45.1 Å². The highest BCUT2D eigenvalue weighted by Crippen LogP contribution is 2.39. The van der Waals surface area contributed by atoms with Crippen molar-refractivity contribution in [1.29, 1.82) is 0 Å². The first-order chi connectivity index (χ1) is 8.57. The molecule has 18 heavy (non-hydrogen) atoms. The van der Waals surface area contributed by atoms with Crippen LogP contribution in [0.2, 0.25) is 0 Å². The van der Waals surface area contributed by atoms with Crippen LogP contribution in [0.3, 0.4) is 0 Å². The third kappa shape index (κ3) is 2.71. The molecule has 1 heterocycles. The number of nitrogens with zero attached hydrogens (tertiary/aromatic N) is 1. The normalized spacial score (nSPS) is 32.3. The van der Waals surface area contributed by atoms with Crippen molar-refractivity contribution >= 4 is 5.91 Å². The van der Waals surface area contributed by atoms with Gasteiger partial charge in [0.25, 0.3) is 0 Å². The molecular formula is C15H28N2O. The number of amides is 1. The van der Waals surface area contributed by atoms with Crippen molar-refractivity contribution in [2.24, 2.45) is 17.1 Å². The number of piperidine rings is 1. The molecule has 0 bridgehead atoms. The zero-order valence-electron chi connectivity index (χ0n) is 12.0. The third-order valence-electron chi connectivity index (χ3n) is 5.05. The average molecular weight is 252 g/mol. The van der Waals surface area contributed by atoms with Gasteiger partial charge in [-0.25, -0.2) is 0 Å². The Morgan fingerprint density at radius 2 is 1.94 bits per heavy atom. The first kappa shape index (κ1) is 13.9. The van der Waals surface area contributed by atoms with Gasteiger partial charge in [-0.2, -0.15) is 0 Å². The van der Waals surface area contributed by atoms with E-state index in [1.165, 1.54) is 25.7 Å². The first-order valence-corrected chi connectivity index (χ1v) is 7.58. The molecule has 2 unspecified atom stereocenters. The van der Waals surface area contributed by atoms with Gasteiger partial charge in [0.2, 0.25) is 5.91 Å². The molecule has 104 valence electrons. The zero-order chi connectivity index (χ0) is 13.2.